The number of aliphatic hydroxyl groups excluding tert-OH is 1. The molecule has 5 atom stereocenters. The van der Waals surface area contributed by atoms with Gasteiger partial charge >= 0.3 is 0 Å². The third-order valence-corrected chi connectivity index (χ3v) is 10.5. The van der Waals surface area contributed by atoms with Crippen molar-refractivity contribution in [1.29, 1.82) is 0 Å². The SMILES string of the molecule is COc1ccc(NC(=O)C2N(CCCCCCO)C(=O)[C@@H]3[C@@H](C(=O)Nc4ccccc4)[C@@]4(C)CCC23S4)cc1. The Bertz CT molecular complexity index is 1210. The first-order valence-corrected chi connectivity index (χ1v) is 14.6. The molecule has 2 bridgehead atoms. The number of nitrogens with one attached hydrogen (secondary N) is 2. The number of thioether (sulfide) groups is 1. The van der Waals surface area contributed by atoms with E-state index in [1.165, 1.54) is 0 Å². The van der Waals surface area contributed by atoms with Gasteiger partial charge < -0.3 is 25.4 Å². The van der Waals surface area contributed by atoms with Crippen LogP contribution in [0.2, 0.25) is 0 Å². The van der Waals surface area contributed by atoms with Crippen molar-refractivity contribution in [1.82, 2.24) is 4.90 Å². The van der Waals surface area contributed by atoms with Crippen LogP contribution in [0.25, 0.3) is 0 Å². The fraction of sp³-hybridized carbons (Fsp3) is 0.500. The smallest absolute Gasteiger partial charge is 0.248 e. The van der Waals surface area contributed by atoms with Crippen LogP contribution in [0.1, 0.15) is 45.4 Å². The zero-order chi connectivity index (χ0) is 27.6. The van der Waals surface area contributed by atoms with Gasteiger partial charge in [-0.25, -0.2) is 0 Å². The zero-order valence-corrected chi connectivity index (χ0v) is 23.3. The molecule has 3 aliphatic rings. The third kappa shape index (κ3) is 5.02. The quantitative estimate of drug-likeness (QED) is 0.360. The van der Waals surface area contributed by atoms with Gasteiger partial charge in [0.05, 0.1) is 23.7 Å². The number of benzene rings is 2. The second-order valence-electron chi connectivity index (χ2n) is 11.0. The summed E-state index contributed by atoms with van der Waals surface area (Å²) in [6, 6.07) is 15.8. The van der Waals surface area contributed by atoms with Gasteiger partial charge in [0.1, 0.15) is 11.8 Å². The Morgan fingerprint density at radius 1 is 0.974 bits per heavy atom. The van der Waals surface area contributed by atoms with Gasteiger partial charge in [-0.05, 0) is 69.0 Å². The van der Waals surface area contributed by atoms with Crippen molar-refractivity contribution in [2.24, 2.45) is 11.8 Å². The van der Waals surface area contributed by atoms with Gasteiger partial charge in [-0.1, -0.05) is 31.0 Å². The minimum atomic E-state index is -0.670. The van der Waals surface area contributed by atoms with Gasteiger partial charge in [-0.3, -0.25) is 14.4 Å². The summed E-state index contributed by atoms with van der Waals surface area (Å²) in [5, 5.41) is 15.2. The number of hydrogen-bond donors (Lipinski definition) is 3. The maximum Gasteiger partial charge on any atom is 0.248 e. The van der Waals surface area contributed by atoms with Gasteiger partial charge in [-0.15, -0.1) is 11.8 Å². The van der Waals surface area contributed by atoms with Crippen LogP contribution in [-0.4, -0.2) is 63.5 Å². The Labute approximate surface area is 233 Å². The Hall–Kier alpha value is -3.04. The lowest BCUT2D eigenvalue weighted by Gasteiger charge is -2.34. The second kappa shape index (κ2) is 11.2. The van der Waals surface area contributed by atoms with E-state index < -0.39 is 27.4 Å². The highest BCUT2D eigenvalue weighted by Gasteiger charge is 2.77. The molecule has 0 saturated carbocycles. The Balaban J connectivity index is 1.44. The summed E-state index contributed by atoms with van der Waals surface area (Å²) in [6.45, 7) is 2.67. The van der Waals surface area contributed by atoms with E-state index in [2.05, 4.69) is 17.6 Å². The maximum absolute atomic E-state index is 14.1. The monoisotopic (exact) mass is 551 g/mol. The highest BCUT2D eigenvalue weighted by Crippen LogP contribution is 2.71. The number of ether oxygens (including phenoxy) is 1. The van der Waals surface area contributed by atoms with Crippen molar-refractivity contribution in [2.75, 3.05) is 30.9 Å². The normalized spacial score (nSPS) is 28.8. The van der Waals surface area contributed by atoms with Crippen LogP contribution in [-0.2, 0) is 14.4 Å². The van der Waals surface area contributed by atoms with Gasteiger partial charge in [0, 0.05) is 29.3 Å². The van der Waals surface area contributed by atoms with E-state index in [1.54, 1.807) is 48.0 Å². The molecule has 8 nitrogen and oxygen atoms in total. The summed E-state index contributed by atoms with van der Waals surface area (Å²) in [5.74, 6) is -0.871. The predicted molar refractivity (Wildman–Crippen MR) is 153 cm³/mol. The van der Waals surface area contributed by atoms with Crippen molar-refractivity contribution in [2.45, 2.75) is 61.0 Å². The van der Waals surface area contributed by atoms with Crippen molar-refractivity contribution in [3.63, 3.8) is 0 Å². The molecule has 3 aliphatic heterocycles. The first kappa shape index (κ1) is 27.5. The first-order chi connectivity index (χ1) is 18.8. The van der Waals surface area contributed by atoms with Crippen LogP contribution in [0, 0.1) is 11.8 Å². The lowest BCUT2D eigenvalue weighted by molar-refractivity contribution is -0.139. The average molecular weight is 552 g/mol. The molecule has 2 aromatic carbocycles. The number of carbonyl (C=O) groups is 3. The highest BCUT2D eigenvalue weighted by atomic mass is 32.2. The molecule has 3 fully saturated rings. The number of aliphatic hydroxyl groups is 1. The van der Waals surface area contributed by atoms with E-state index in [0.717, 1.165) is 32.1 Å². The van der Waals surface area contributed by atoms with Crippen LogP contribution in [0.3, 0.4) is 0 Å². The van der Waals surface area contributed by atoms with E-state index in [9.17, 15) is 14.4 Å². The van der Waals surface area contributed by atoms with Gasteiger partial charge in [0.15, 0.2) is 0 Å². The number of para-hydroxylation sites is 1. The van der Waals surface area contributed by atoms with Crippen LogP contribution in [0.4, 0.5) is 11.4 Å². The molecule has 0 aliphatic carbocycles. The molecule has 0 aromatic heterocycles. The number of hydrogen-bond acceptors (Lipinski definition) is 6. The summed E-state index contributed by atoms with van der Waals surface area (Å²) < 4.78 is 4.15. The van der Waals surface area contributed by atoms with Gasteiger partial charge in [-0.2, -0.15) is 0 Å². The molecule has 3 heterocycles. The molecular weight excluding hydrogens is 514 g/mol. The fourth-order valence-electron chi connectivity index (χ4n) is 6.74. The van der Waals surface area contributed by atoms with Crippen LogP contribution >= 0.6 is 11.8 Å². The number of methoxy groups -OCH3 is 1. The van der Waals surface area contributed by atoms with Gasteiger partial charge in [0.25, 0.3) is 0 Å². The summed E-state index contributed by atoms with van der Waals surface area (Å²) in [4.78, 5) is 43.6. The van der Waals surface area contributed by atoms with Crippen molar-refractivity contribution in [3.8, 4) is 5.75 Å². The molecule has 0 radical (unpaired) electrons. The van der Waals surface area contributed by atoms with Crippen molar-refractivity contribution in [3.05, 3.63) is 54.6 Å². The lowest BCUT2D eigenvalue weighted by atomic mass is 9.66. The maximum atomic E-state index is 14.1. The number of rotatable bonds is 11. The number of amides is 3. The average Bonchev–Trinajstić information content (AvgIpc) is 3.50. The van der Waals surface area contributed by atoms with Crippen LogP contribution in [0.15, 0.2) is 54.6 Å². The van der Waals surface area contributed by atoms with Crippen molar-refractivity contribution >= 4 is 40.9 Å². The highest BCUT2D eigenvalue weighted by molar-refractivity contribution is 8.02. The van der Waals surface area contributed by atoms with E-state index >= 15 is 0 Å². The minimum Gasteiger partial charge on any atom is -0.497 e. The Kier molecular flexibility index (Phi) is 7.91. The van der Waals surface area contributed by atoms with E-state index in [4.69, 9.17) is 9.84 Å². The summed E-state index contributed by atoms with van der Waals surface area (Å²) in [7, 11) is 1.59. The molecule has 3 N–H and O–H groups in total. The molecule has 2 unspecified atom stereocenters. The second-order valence-corrected chi connectivity index (χ2v) is 12.9. The van der Waals surface area contributed by atoms with Crippen LogP contribution < -0.4 is 15.4 Å². The molecular formula is C30H37N3O5S. The summed E-state index contributed by atoms with van der Waals surface area (Å²) >= 11 is 1.67. The van der Waals surface area contributed by atoms with E-state index in [0.29, 0.717) is 30.1 Å². The molecule has 9 heteroatoms. The number of fused-ring (bicyclic) bond motifs is 1. The Morgan fingerprint density at radius 3 is 2.33 bits per heavy atom. The third-order valence-electron chi connectivity index (χ3n) is 8.51. The number of likely N-dealkylation sites (tertiary alicyclic amines) is 1. The molecule has 3 amide bonds. The van der Waals surface area contributed by atoms with Gasteiger partial charge in [0.2, 0.25) is 17.7 Å². The minimum absolute atomic E-state index is 0.101. The van der Waals surface area contributed by atoms with Crippen molar-refractivity contribution < 1.29 is 24.2 Å². The first-order valence-electron chi connectivity index (χ1n) is 13.8. The number of unbranched alkanes of at least 4 members (excludes halogenated alkanes) is 3. The number of nitrogens with zero attached hydrogens (tertiary/aromatic N) is 1. The summed E-state index contributed by atoms with van der Waals surface area (Å²) in [5.41, 5.74) is 1.34. The standard InChI is InChI=1S/C30H37N3O5S/c1-29-16-17-30(39-29)24(23(29)26(35)31-20-10-6-5-7-11-20)28(37)33(18-8-3-4-9-19-34)25(30)27(36)32-21-12-14-22(38-2)15-13-21/h5-7,10-15,23-25,34H,3-4,8-9,16-19H2,1-2H3,(H,31,35)(H,32,36)/t23-,24-,25?,29+,30?/m0/s1. The molecule has 1 spiro atoms. The predicted octanol–water partition coefficient (Wildman–Crippen LogP) is 4.31. The Morgan fingerprint density at radius 2 is 1.64 bits per heavy atom. The van der Waals surface area contributed by atoms with E-state index in [-0.39, 0.29) is 24.3 Å². The van der Waals surface area contributed by atoms with E-state index in [1.807, 2.05) is 30.3 Å². The fourth-order valence-corrected chi connectivity index (χ4v) is 9.10. The topological polar surface area (TPSA) is 108 Å². The number of anilines is 2. The van der Waals surface area contributed by atoms with Crippen LogP contribution in [0.5, 0.6) is 5.75 Å². The summed E-state index contributed by atoms with van der Waals surface area (Å²) in [6.07, 6.45) is 4.66. The number of carbonyl (C=O) groups excluding carboxylic acids is 3. The lowest BCUT2D eigenvalue weighted by Crippen LogP contribution is -2.51. The molecule has 2 aromatic rings. The largest absolute Gasteiger partial charge is 0.497 e. The molecule has 208 valence electrons. The molecule has 3 saturated heterocycles. The molecule has 39 heavy (non-hydrogen) atoms. The zero-order valence-electron chi connectivity index (χ0n) is 22.5. The molecule has 5 rings (SSSR count).